The van der Waals surface area contributed by atoms with Gasteiger partial charge in [0.05, 0.1) is 0 Å². The summed E-state index contributed by atoms with van der Waals surface area (Å²) in [5.41, 5.74) is 0.836. The van der Waals surface area contributed by atoms with Crippen LogP contribution in [0.15, 0.2) is 48.6 Å². The average molecular weight is 197 g/mol. The predicted octanol–water partition coefficient (Wildman–Crippen LogP) is 2.28. The number of hydrogen-bond donors (Lipinski definition) is 1. The monoisotopic (exact) mass is 197 g/mol. The molecule has 0 saturated carbocycles. The highest BCUT2D eigenvalue weighted by atomic mass is 16.3. The first kappa shape index (κ1) is 9.70. The molecule has 1 atom stereocenters. The van der Waals surface area contributed by atoms with Gasteiger partial charge in [0.1, 0.15) is 6.07 Å². The second-order valence-corrected chi connectivity index (χ2v) is 3.60. The molecule has 2 nitrogen and oxygen atoms in total. The van der Waals surface area contributed by atoms with Gasteiger partial charge in [0, 0.05) is 6.42 Å². The Morgan fingerprint density at radius 2 is 2.00 bits per heavy atom. The van der Waals surface area contributed by atoms with E-state index in [9.17, 15) is 5.11 Å². The molecule has 0 spiro atoms. The molecule has 1 aliphatic rings. The van der Waals surface area contributed by atoms with Crippen molar-refractivity contribution in [2.45, 2.75) is 12.0 Å². The van der Waals surface area contributed by atoms with Crippen LogP contribution in [0.4, 0.5) is 0 Å². The largest absolute Gasteiger partial charge is 0.372 e. The van der Waals surface area contributed by atoms with Crippen LogP contribution in [0.3, 0.4) is 0 Å². The van der Waals surface area contributed by atoms with E-state index in [1.54, 1.807) is 12.2 Å². The molecule has 1 unspecified atom stereocenters. The summed E-state index contributed by atoms with van der Waals surface area (Å²) in [4.78, 5) is 0. The smallest absolute Gasteiger partial charge is 0.173 e. The summed E-state index contributed by atoms with van der Waals surface area (Å²) < 4.78 is 0. The Hall–Kier alpha value is -1.85. The van der Waals surface area contributed by atoms with Gasteiger partial charge in [-0.2, -0.15) is 5.26 Å². The Labute approximate surface area is 88.8 Å². The summed E-state index contributed by atoms with van der Waals surface area (Å²) in [6.07, 6.45) is 5.58. The molecule has 74 valence electrons. The van der Waals surface area contributed by atoms with Crippen LogP contribution in [-0.2, 0) is 0 Å². The van der Waals surface area contributed by atoms with Crippen LogP contribution in [0, 0.1) is 11.3 Å². The summed E-state index contributed by atoms with van der Waals surface area (Å²) in [5.74, 6) is 0. The maximum atomic E-state index is 9.65. The summed E-state index contributed by atoms with van der Waals surface area (Å²) >= 11 is 0. The van der Waals surface area contributed by atoms with E-state index in [-0.39, 0.29) is 0 Å². The van der Waals surface area contributed by atoms with E-state index in [0.29, 0.717) is 6.42 Å². The van der Waals surface area contributed by atoms with E-state index in [0.717, 1.165) is 11.1 Å². The van der Waals surface area contributed by atoms with Crippen molar-refractivity contribution in [3.8, 4) is 6.07 Å². The van der Waals surface area contributed by atoms with Crippen molar-refractivity contribution in [3.05, 3.63) is 54.1 Å². The SMILES string of the molecule is N#CC1(O)C=CC(c2ccccc2)=CC1. The average Bonchev–Trinajstić information content (AvgIpc) is 2.31. The number of aliphatic hydroxyl groups is 1. The second-order valence-electron chi connectivity index (χ2n) is 3.60. The van der Waals surface area contributed by atoms with Crippen molar-refractivity contribution in [2.75, 3.05) is 0 Å². The molecule has 2 heteroatoms. The maximum absolute atomic E-state index is 9.65. The van der Waals surface area contributed by atoms with Crippen molar-refractivity contribution >= 4 is 5.57 Å². The minimum absolute atomic E-state index is 0.351. The minimum atomic E-state index is -1.32. The highest BCUT2D eigenvalue weighted by molar-refractivity contribution is 5.75. The second kappa shape index (κ2) is 3.72. The maximum Gasteiger partial charge on any atom is 0.173 e. The fourth-order valence-corrected chi connectivity index (χ4v) is 1.56. The van der Waals surface area contributed by atoms with Crippen LogP contribution in [0.2, 0.25) is 0 Å². The predicted molar refractivity (Wildman–Crippen MR) is 58.7 cm³/mol. The number of hydrogen-bond acceptors (Lipinski definition) is 2. The standard InChI is InChI=1S/C13H11NO/c14-10-13(15)8-6-12(7-9-13)11-4-2-1-3-5-11/h1-8,15H,9H2. The first-order valence-corrected chi connectivity index (χ1v) is 4.82. The van der Waals surface area contributed by atoms with Crippen LogP contribution in [0.5, 0.6) is 0 Å². The van der Waals surface area contributed by atoms with Crippen molar-refractivity contribution in [2.24, 2.45) is 0 Å². The van der Waals surface area contributed by atoms with Gasteiger partial charge in [0.2, 0.25) is 0 Å². The Balaban J connectivity index is 2.25. The topological polar surface area (TPSA) is 44.0 Å². The van der Waals surface area contributed by atoms with Crippen LogP contribution >= 0.6 is 0 Å². The molecule has 15 heavy (non-hydrogen) atoms. The lowest BCUT2D eigenvalue weighted by Crippen LogP contribution is -2.23. The fourth-order valence-electron chi connectivity index (χ4n) is 1.56. The van der Waals surface area contributed by atoms with Gasteiger partial charge in [0.25, 0.3) is 0 Å². The van der Waals surface area contributed by atoms with Crippen molar-refractivity contribution in [3.63, 3.8) is 0 Å². The molecule has 1 N–H and O–H groups in total. The molecule has 0 heterocycles. The molecule has 1 aromatic carbocycles. The number of rotatable bonds is 1. The molecule has 1 aliphatic carbocycles. The Kier molecular flexibility index (Phi) is 2.40. The van der Waals surface area contributed by atoms with Gasteiger partial charge in [0.15, 0.2) is 5.60 Å². The molecule has 0 amide bonds. The molecule has 1 aromatic rings. The van der Waals surface area contributed by atoms with E-state index >= 15 is 0 Å². The Morgan fingerprint density at radius 3 is 2.53 bits per heavy atom. The molecule has 0 bridgehead atoms. The summed E-state index contributed by atoms with van der Waals surface area (Å²) in [6, 6.07) is 11.8. The zero-order valence-corrected chi connectivity index (χ0v) is 8.22. The van der Waals surface area contributed by atoms with Crippen molar-refractivity contribution < 1.29 is 5.11 Å². The highest BCUT2D eigenvalue weighted by Gasteiger charge is 2.24. The zero-order chi connectivity index (χ0) is 10.7. The quantitative estimate of drug-likeness (QED) is 0.702. The summed E-state index contributed by atoms with van der Waals surface area (Å²) in [6.45, 7) is 0. The molecule has 0 fully saturated rings. The van der Waals surface area contributed by atoms with Crippen LogP contribution in [0.1, 0.15) is 12.0 Å². The first-order valence-electron chi connectivity index (χ1n) is 4.82. The molecular formula is C13H11NO. The van der Waals surface area contributed by atoms with Crippen LogP contribution in [0.25, 0.3) is 5.57 Å². The molecule has 0 aromatic heterocycles. The lowest BCUT2D eigenvalue weighted by Gasteiger charge is -2.18. The zero-order valence-electron chi connectivity index (χ0n) is 8.22. The number of allylic oxidation sites excluding steroid dienone is 2. The molecule has 0 saturated heterocycles. The van der Waals surface area contributed by atoms with Crippen molar-refractivity contribution in [1.29, 1.82) is 5.26 Å². The third-order valence-corrected chi connectivity index (χ3v) is 2.47. The minimum Gasteiger partial charge on any atom is -0.372 e. The van der Waals surface area contributed by atoms with Gasteiger partial charge < -0.3 is 5.11 Å². The molecular weight excluding hydrogens is 186 g/mol. The number of nitrogens with zero attached hydrogens (tertiary/aromatic N) is 1. The van der Waals surface area contributed by atoms with E-state index in [1.165, 1.54) is 0 Å². The molecule has 0 aliphatic heterocycles. The molecule has 0 radical (unpaired) electrons. The lowest BCUT2D eigenvalue weighted by molar-refractivity contribution is 0.153. The van der Waals surface area contributed by atoms with Gasteiger partial charge in [-0.25, -0.2) is 0 Å². The van der Waals surface area contributed by atoms with Gasteiger partial charge >= 0.3 is 0 Å². The van der Waals surface area contributed by atoms with Crippen LogP contribution in [-0.4, -0.2) is 10.7 Å². The summed E-state index contributed by atoms with van der Waals surface area (Å²) in [5, 5.41) is 18.4. The lowest BCUT2D eigenvalue weighted by atomic mass is 9.91. The van der Waals surface area contributed by atoms with Gasteiger partial charge in [-0.15, -0.1) is 0 Å². The Morgan fingerprint density at radius 1 is 1.27 bits per heavy atom. The Bertz CT molecular complexity index is 453. The fraction of sp³-hybridized carbons (Fsp3) is 0.154. The van der Waals surface area contributed by atoms with E-state index in [1.807, 2.05) is 42.5 Å². The van der Waals surface area contributed by atoms with Gasteiger partial charge in [-0.1, -0.05) is 42.5 Å². The van der Waals surface area contributed by atoms with E-state index < -0.39 is 5.60 Å². The summed E-state index contributed by atoms with van der Waals surface area (Å²) in [7, 11) is 0. The highest BCUT2D eigenvalue weighted by Crippen LogP contribution is 2.26. The first-order chi connectivity index (χ1) is 7.23. The van der Waals surface area contributed by atoms with Gasteiger partial charge in [-0.05, 0) is 17.2 Å². The van der Waals surface area contributed by atoms with E-state index in [4.69, 9.17) is 5.26 Å². The number of benzene rings is 1. The number of nitriles is 1. The van der Waals surface area contributed by atoms with E-state index in [2.05, 4.69) is 0 Å². The van der Waals surface area contributed by atoms with Gasteiger partial charge in [-0.3, -0.25) is 0 Å². The molecule has 2 rings (SSSR count). The van der Waals surface area contributed by atoms with Crippen molar-refractivity contribution in [1.82, 2.24) is 0 Å². The van der Waals surface area contributed by atoms with Crippen LogP contribution < -0.4 is 0 Å². The third-order valence-electron chi connectivity index (χ3n) is 2.47. The normalized spacial score (nSPS) is 24.4. The third kappa shape index (κ3) is 1.98.